The first-order valence-corrected chi connectivity index (χ1v) is 6.53. The molecule has 3 nitrogen and oxygen atoms in total. The first kappa shape index (κ1) is 13.6. The van der Waals surface area contributed by atoms with Crippen molar-refractivity contribution in [3.63, 3.8) is 0 Å². The van der Waals surface area contributed by atoms with Crippen LogP contribution in [-0.2, 0) is 4.79 Å². The maximum atomic E-state index is 12.8. The Hall–Kier alpha value is -0.780. The van der Waals surface area contributed by atoms with Gasteiger partial charge in [-0.05, 0) is 12.8 Å². The molecule has 6 heteroatoms. The van der Waals surface area contributed by atoms with Crippen molar-refractivity contribution in [2.24, 2.45) is 17.8 Å². The lowest BCUT2D eigenvalue weighted by molar-refractivity contribution is -0.198. The number of amides is 1. The van der Waals surface area contributed by atoms with Gasteiger partial charge in [0.05, 0.1) is 5.92 Å². The van der Waals surface area contributed by atoms with Crippen molar-refractivity contribution in [2.45, 2.75) is 31.9 Å². The van der Waals surface area contributed by atoms with Crippen molar-refractivity contribution >= 4 is 5.91 Å². The van der Waals surface area contributed by atoms with Crippen LogP contribution in [0.5, 0.6) is 0 Å². The van der Waals surface area contributed by atoms with Crippen molar-refractivity contribution in [2.75, 3.05) is 19.6 Å². The number of carbonyl (C=O) groups is 1. The van der Waals surface area contributed by atoms with Gasteiger partial charge in [-0.25, -0.2) is 0 Å². The number of nitrogens with one attached hydrogen (secondary N) is 2. The largest absolute Gasteiger partial charge is 0.392 e. The van der Waals surface area contributed by atoms with Gasteiger partial charge >= 0.3 is 6.18 Å². The SMILES string of the molecule is O=C(NCC1CNC1)C1CCCCC1C(F)(F)F. The molecule has 2 aliphatic rings. The van der Waals surface area contributed by atoms with Crippen LogP contribution in [0.4, 0.5) is 13.2 Å². The normalized spacial score (nSPS) is 29.7. The van der Waals surface area contributed by atoms with Gasteiger partial charge in [0.15, 0.2) is 0 Å². The highest BCUT2D eigenvalue weighted by Gasteiger charge is 2.47. The van der Waals surface area contributed by atoms with Crippen molar-refractivity contribution in [1.82, 2.24) is 10.6 Å². The number of hydrogen-bond acceptors (Lipinski definition) is 2. The molecular formula is C12H19F3N2O. The number of alkyl halides is 3. The molecule has 0 aromatic rings. The van der Waals surface area contributed by atoms with Crippen LogP contribution in [-0.4, -0.2) is 31.7 Å². The molecule has 2 fully saturated rings. The molecule has 0 radical (unpaired) electrons. The van der Waals surface area contributed by atoms with E-state index in [1.54, 1.807) is 0 Å². The molecule has 0 bridgehead atoms. The molecule has 0 aromatic heterocycles. The Morgan fingerprint density at radius 2 is 1.89 bits per heavy atom. The van der Waals surface area contributed by atoms with E-state index in [2.05, 4.69) is 10.6 Å². The minimum atomic E-state index is -4.25. The molecule has 2 rings (SSSR count). The third-order valence-corrected chi connectivity index (χ3v) is 3.95. The highest BCUT2D eigenvalue weighted by molar-refractivity contribution is 5.79. The zero-order valence-corrected chi connectivity index (χ0v) is 10.2. The molecule has 1 aliphatic heterocycles. The first-order valence-electron chi connectivity index (χ1n) is 6.53. The predicted molar refractivity (Wildman–Crippen MR) is 60.9 cm³/mol. The minimum absolute atomic E-state index is 0.0899. The predicted octanol–water partition coefficient (Wildman–Crippen LogP) is 1.69. The fourth-order valence-corrected chi connectivity index (χ4v) is 2.71. The lowest BCUT2D eigenvalue weighted by Crippen LogP contribution is -2.50. The van der Waals surface area contributed by atoms with Gasteiger partial charge in [-0.3, -0.25) is 4.79 Å². The van der Waals surface area contributed by atoms with Crippen LogP contribution in [0, 0.1) is 17.8 Å². The topological polar surface area (TPSA) is 41.1 Å². The Morgan fingerprint density at radius 1 is 1.22 bits per heavy atom. The first-order chi connectivity index (χ1) is 8.48. The molecule has 1 saturated carbocycles. The highest BCUT2D eigenvalue weighted by Crippen LogP contribution is 2.41. The Labute approximate surface area is 104 Å². The monoisotopic (exact) mass is 264 g/mol. The summed E-state index contributed by atoms with van der Waals surface area (Å²) in [6.45, 7) is 2.17. The van der Waals surface area contributed by atoms with Crippen LogP contribution in [0.15, 0.2) is 0 Å². The molecule has 0 spiro atoms. The summed E-state index contributed by atoms with van der Waals surface area (Å²) in [5, 5.41) is 5.74. The average Bonchev–Trinajstić information content (AvgIpc) is 2.25. The third kappa shape index (κ3) is 3.16. The van der Waals surface area contributed by atoms with Gasteiger partial charge in [0.1, 0.15) is 0 Å². The van der Waals surface area contributed by atoms with Crippen molar-refractivity contribution < 1.29 is 18.0 Å². The molecule has 2 unspecified atom stereocenters. The van der Waals surface area contributed by atoms with E-state index in [4.69, 9.17) is 0 Å². The quantitative estimate of drug-likeness (QED) is 0.814. The summed E-state index contributed by atoms with van der Waals surface area (Å²) in [4.78, 5) is 11.9. The van der Waals surface area contributed by atoms with Crippen LogP contribution < -0.4 is 10.6 Å². The average molecular weight is 264 g/mol. The van der Waals surface area contributed by atoms with Crippen LogP contribution >= 0.6 is 0 Å². The molecule has 1 amide bonds. The van der Waals surface area contributed by atoms with Crippen molar-refractivity contribution in [3.8, 4) is 0 Å². The highest BCUT2D eigenvalue weighted by atomic mass is 19.4. The maximum Gasteiger partial charge on any atom is 0.392 e. The molecule has 0 aromatic carbocycles. The fourth-order valence-electron chi connectivity index (χ4n) is 2.71. The van der Waals surface area contributed by atoms with Gasteiger partial charge in [0.2, 0.25) is 5.91 Å². The number of halogens is 3. The zero-order chi connectivity index (χ0) is 13.2. The van der Waals surface area contributed by atoms with Gasteiger partial charge in [-0.1, -0.05) is 12.8 Å². The van der Waals surface area contributed by atoms with E-state index in [0.717, 1.165) is 19.5 Å². The molecule has 2 N–H and O–H groups in total. The number of rotatable bonds is 3. The van der Waals surface area contributed by atoms with E-state index >= 15 is 0 Å². The summed E-state index contributed by atoms with van der Waals surface area (Å²) < 4.78 is 38.5. The van der Waals surface area contributed by atoms with Gasteiger partial charge in [-0.2, -0.15) is 13.2 Å². The van der Waals surface area contributed by atoms with E-state index in [-0.39, 0.29) is 6.42 Å². The van der Waals surface area contributed by atoms with Crippen molar-refractivity contribution in [3.05, 3.63) is 0 Å². The van der Waals surface area contributed by atoms with E-state index in [1.165, 1.54) is 0 Å². The Bertz CT molecular complexity index is 302. The summed E-state index contributed by atoms with van der Waals surface area (Å²) in [5.74, 6) is -2.37. The second-order valence-electron chi connectivity index (χ2n) is 5.31. The standard InChI is InChI=1S/C12H19F3N2O/c13-12(14,15)10-4-2-1-3-9(10)11(18)17-7-8-5-16-6-8/h8-10,16H,1-7H2,(H,17,18). The lowest BCUT2D eigenvalue weighted by Gasteiger charge is -2.33. The smallest absolute Gasteiger partial charge is 0.355 e. The van der Waals surface area contributed by atoms with E-state index < -0.39 is 23.9 Å². The second kappa shape index (κ2) is 5.47. The van der Waals surface area contributed by atoms with E-state index in [1.807, 2.05) is 0 Å². The fraction of sp³-hybridized carbons (Fsp3) is 0.917. The number of carbonyl (C=O) groups excluding carboxylic acids is 1. The Morgan fingerprint density at radius 3 is 2.44 bits per heavy atom. The summed E-state index contributed by atoms with van der Waals surface area (Å²) >= 11 is 0. The molecule has 1 heterocycles. The molecule has 1 saturated heterocycles. The lowest BCUT2D eigenvalue weighted by atomic mass is 9.78. The van der Waals surface area contributed by atoms with Gasteiger partial charge < -0.3 is 10.6 Å². The summed E-state index contributed by atoms with van der Waals surface area (Å²) in [7, 11) is 0. The third-order valence-electron chi connectivity index (χ3n) is 3.95. The van der Waals surface area contributed by atoms with Crippen LogP contribution in [0.2, 0.25) is 0 Å². The molecule has 104 valence electrons. The van der Waals surface area contributed by atoms with E-state index in [0.29, 0.717) is 25.3 Å². The summed E-state index contributed by atoms with van der Waals surface area (Å²) in [5.41, 5.74) is 0. The Kier molecular flexibility index (Phi) is 4.14. The van der Waals surface area contributed by atoms with Gasteiger partial charge in [-0.15, -0.1) is 0 Å². The summed E-state index contributed by atoms with van der Waals surface area (Å²) in [6, 6.07) is 0. The van der Waals surface area contributed by atoms with Crippen LogP contribution in [0.3, 0.4) is 0 Å². The van der Waals surface area contributed by atoms with Gasteiger partial charge in [0.25, 0.3) is 0 Å². The minimum Gasteiger partial charge on any atom is -0.355 e. The molecular weight excluding hydrogens is 245 g/mol. The van der Waals surface area contributed by atoms with E-state index in [9.17, 15) is 18.0 Å². The Balaban J connectivity index is 1.88. The second-order valence-corrected chi connectivity index (χ2v) is 5.31. The molecule has 1 aliphatic carbocycles. The van der Waals surface area contributed by atoms with Crippen LogP contribution in [0.1, 0.15) is 25.7 Å². The van der Waals surface area contributed by atoms with Gasteiger partial charge in [0, 0.05) is 31.5 Å². The number of hydrogen-bond donors (Lipinski definition) is 2. The van der Waals surface area contributed by atoms with Crippen LogP contribution in [0.25, 0.3) is 0 Å². The zero-order valence-electron chi connectivity index (χ0n) is 10.2. The molecule has 18 heavy (non-hydrogen) atoms. The van der Waals surface area contributed by atoms with Crippen molar-refractivity contribution in [1.29, 1.82) is 0 Å². The maximum absolute atomic E-state index is 12.8. The molecule has 2 atom stereocenters. The summed E-state index contributed by atoms with van der Waals surface area (Å²) in [6.07, 6.45) is -2.51.